The second kappa shape index (κ2) is 5.93. The first-order valence-electron chi connectivity index (χ1n) is 7.15. The molecule has 0 saturated carbocycles. The average molecular weight is 262 g/mol. The topological polar surface area (TPSA) is 26.7 Å². The van der Waals surface area contributed by atoms with Gasteiger partial charge in [0.05, 0.1) is 12.6 Å². The molecule has 106 valence electrons. The summed E-state index contributed by atoms with van der Waals surface area (Å²) in [6, 6.07) is 6.64. The molecule has 1 heterocycles. The van der Waals surface area contributed by atoms with Gasteiger partial charge in [0.25, 0.3) is 0 Å². The molecule has 0 radical (unpaired) electrons. The molecule has 1 fully saturated rings. The highest BCUT2D eigenvalue weighted by Gasteiger charge is 2.27. The third kappa shape index (κ3) is 3.10. The molecule has 1 saturated heterocycles. The minimum Gasteiger partial charge on any atom is -0.394 e. The van der Waals surface area contributed by atoms with Gasteiger partial charge < -0.3 is 14.9 Å². The molecule has 2 atom stereocenters. The van der Waals surface area contributed by atoms with Crippen molar-refractivity contribution in [2.24, 2.45) is 5.92 Å². The molecule has 2 unspecified atom stereocenters. The highest BCUT2D eigenvalue weighted by atomic mass is 16.3. The van der Waals surface area contributed by atoms with Crippen molar-refractivity contribution >= 4 is 5.69 Å². The van der Waals surface area contributed by atoms with E-state index in [4.69, 9.17) is 0 Å². The number of aryl methyl sites for hydroxylation is 1. The number of likely N-dealkylation sites (N-methyl/N-ethyl adjacent to an activating group) is 1. The van der Waals surface area contributed by atoms with Crippen molar-refractivity contribution in [3.8, 4) is 0 Å². The zero-order valence-electron chi connectivity index (χ0n) is 12.6. The van der Waals surface area contributed by atoms with Gasteiger partial charge in [-0.05, 0) is 44.0 Å². The number of nitrogens with zero attached hydrogens (tertiary/aromatic N) is 2. The van der Waals surface area contributed by atoms with Crippen molar-refractivity contribution in [3.63, 3.8) is 0 Å². The largest absolute Gasteiger partial charge is 0.394 e. The Bertz CT molecular complexity index is 433. The number of hydrogen-bond donors (Lipinski definition) is 1. The van der Waals surface area contributed by atoms with Crippen LogP contribution in [0.5, 0.6) is 0 Å². The van der Waals surface area contributed by atoms with Gasteiger partial charge >= 0.3 is 0 Å². The summed E-state index contributed by atoms with van der Waals surface area (Å²) < 4.78 is 0. The molecule has 3 heteroatoms. The zero-order chi connectivity index (χ0) is 14.0. The maximum Gasteiger partial charge on any atom is 0.0648 e. The van der Waals surface area contributed by atoms with E-state index >= 15 is 0 Å². The number of rotatable bonds is 2. The quantitative estimate of drug-likeness (QED) is 0.883. The van der Waals surface area contributed by atoms with E-state index in [1.54, 1.807) is 0 Å². The highest BCUT2D eigenvalue weighted by molar-refractivity contribution is 5.57. The van der Waals surface area contributed by atoms with Crippen LogP contribution in [0.1, 0.15) is 18.1 Å². The third-order valence-corrected chi connectivity index (χ3v) is 4.19. The first-order chi connectivity index (χ1) is 9.02. The lowest BCUT2D eigenvalue weighted by Crippen LogP contribution is -2.43. The Balaban J connectivity index is 2.36. The van der Waals surface area contributed by atoms with Gasteiger partial charge in [0.1, 0.15) is 0 Å². The molecule has 3 nitrogen and oxygen atoms in total. The Hall–Kier alpha value is -1.06. The van der Waals surface area contributed by atoms with Gasteiger partial charge in [-0.25, -0.2) is 0 Å². The first kappa shape index (κ1) is 14.4. The normalized spacial score (nSPS) is 25.4. The lowest BCUT2D eigenvalue weighted by Gasteiger charge is -2.33. The standard InChI is InChI=1S/C16H26N2O/c1-12-8-17(4)10-15(11-19)18(9-12)16-7-5-6-13(2)14(16)3/h5-7,12,15,19H,8-11H2,1-4H3. The van der Waals surface area contributed by atoms with Gasteiger partial charge in [-0.15, -0.1) is 0 Å². The van der Waals surface area contributed by atoms with Gasteiger partial charge in [-0.3, -0.25) is 0 Å². The van der Waals surface area contributed by atoms with E-state index in [9.17, 15) is 5.11 Å². The zero-order valence-corrected chi connectivity index (χ0v) is 12.6. The lowest BCUT2D eigenvalue weighted by atomic mass is 10.0. The minimum atomic E-state index is 0.190. The van der Waals surface area contributed by atoms with E-state index in [1.807, 2.05) is 0 Å². The van der Waals surface area contributed by atoms with Crippen LogP contribution in [-0.4, -0.2) is 49.3 Å². The van der Waals surface area contributed by atoms with E-state index in [1.165, 1.54) is 16.8 Å². The van der Waals surface area contributed by atoms with Crippen LogP contribution in [-0.2, 0) is 0 Å². The molecule has 1 N–H and O–H groups in total. The fourth-order valence-electron chi connectivity index (χ4n) is 3.11. The summed E-state index contributed by atoms with van der Waals surface area (Å²) >= 11 is 0. The maximum absolute atomic E-state index is 9.74. The molecule has 1 aromatic rings. The van der Waals surface area contributed by atoms with Crippen molar-refractivity contribution in [1.82, 2.24) is 4.90 Å². The number of hydrogen-bond acceptors (Lipinski definition) is 3. The lowest BCUT2D eigenvalue weighted by molar-refractivity contribution is 0.226. The van der Waals surface area contributed by atoms with Crippen molar-refractivity contribution in [1.29, 1.82) is 0 Å². The van der Waals surface area contributed by atoms with Crippen LogP contribution < -0.4 is 4.90 Å². The van der Waals surface area contributed by atoms with E-state index in [0.29, 0.717) is 5.92 Å². The molecule has 1 aromatic carbocycles. The van der Waals surface area contributed by atoms with Crippen LogP contribution in [0.3, 0.4) is 0 Å². The predicted molar refractivity (Wildman–Crippen MR) is 80.8 cm³/mol. The van der Waals surface area contributed by atoms with Crippen molar-refractivity contribution in [2.45, 2.75) is 26.8 Å². The molecule has 1 aliphatic rings. The summed E-state index contributed by atoms with van der Waals surface area (Å²) in [5, 5.41) is 9.74. The minimum absolute atomic E-state index is 0.190. The van der Waals surface area contributed by atoms with Gasteiger partial charge in [0.2, 0.25) is 0 Å². The Kier molecular flexibility index (Phi) is 4.48. The number of aliphatic hydroxyl groups excluding tert-OH is 1. The van der Waals surface area contributed by atoms with Gasteiger partial charge in [-0.1, -0.05) is 19.1 Å². The van der Waals surface area contributed by atoms with Crippen LogP contribution in [0.4, 0.5) is 5.69 Å². The molecular weight excluding hydrogens is 236 g/mol. The summed E-state index contributed by atoms with van der Waals surface area (Å²) in [7, 11) is 2.14. The van der Waals surface area contributed by atoms with Crippen LogP contribution in [0.2, 0.25) is 0 Å². The summed E-state index contributed by atoms with van der Waals surface area (Å²) in [5.41, 5.74) is 3.93. The molecule has 1 aliphatic heterocycles. The van der Waals surface area contributed by atoms with Crippen molar-refractivity contribution in [2.75, 3.05) is 38.2 Å². The Labute approximate surface area is 116 Å². The molecule has 19 heavy (non-hydrogen) atoms. The first-order valence-corrected chi connectivity index (χ1v) is 7.15. The summed E-state index contributed by atoms with van der Waals surface area (Å²) in [6.45, 7) is 9.86. The fraction of sp³-hybridized carbons (Fsp3) is 0.625. The predicted octanol–water partition coefficient (Wildman–Crippen LogP) is 2.05. The molecule has 0 aromatic heterocycles. The summed E-state index contributed by atoms with van der Waals surface area (Å²) in [5.74, 6) is 0.612. The van der Waals surface area contributed by atoms with E-state index < -0.39 is 0 Å². The van der Waals surface area contributed by atoms with Gasteiger partial charge in [0, 0.05) is 25.3 Å². The smallest absolute Gasteiger partial charge is 0.0648 e. The van der Waals surface area contributed by atoms with Crippen LogP contribution in [0.15, 0.2) is 18.2 Å². The molecule has 2 rings (SSSR count). The molecular formula is C16H26N2O. The van der Waals surface area contributed by atoms with E-state index in [2.05, 4.69) is 55.8 Å². The second-order valence-corrected chi connectivity index (χ2v) is 6.03. The van der Waals surface area contributed by atoms with Crippen molar-refractivity contribution < 1.29 is 5.11 Å². The number of aliphatic hydroxyl groups is 1. The van der Waals surface area contributed by atoms with Crippen LogP contribution >= 0.6 is 0 Å². The fourth-order valence-corrected chi connectivity index (χ4v) is 3.11. The molecule has 0 aliphatic carbocycles. The Morgan fingerprint density at radius 2 is 1.95 bits per heavy atom. The van der Waals surface area contributed by atoms with Crippen LogP contribution in [0, 0.1) is 19.8 Å². The Morgan fingerprint density at radius 3 is 2.63 bits per heavy atom. The van der Waals surface area contributed by atoms with Gasteiger partial charge in [-0.2, -0.15) is 0 Å². The monoisotopic (exact) mass is 262 g/mol. The molecule has 0 bridgehead atoms. The van der Waals surface area contributed by atoms with Crippen LogP contribution in [0.25, 0.3) is 0 Å². The third-order valence-electron chi connectivity index (χ3n) is 4.19. The Morgan fingerprint density at radius 1 is 1.21 bits per heavy atom. The van der Waals surface area contributed by atoms with E-state index in [-0.39, 0.29) is 12.6 Å². The van der Waals surface area contributed by atoms with E-state index in [0.717, 1.165) is 19.6 Å². The molecule has 0 spiro atoms. The van der Waals surface area contributed by atoms with Crippen molar-refractivity contribution in [3.05, 3.63) is 29.3 Å². The summed E-state index contributed by atoms with van der Waals surface area (Å²) in [6.07, 6.45) is 0. The summed E-state index contributed by atoms with van der Waals surface area (Å²) in [4.78, 5) is 4.73. The second-order valence-electron chi connectivity index (χ2n) is 6.03. The number of anilines is 1. The van der Waals surface area contributed by atoms with Gasteiger partial charge in [0.15, 0.2) is 0 Å². The highest BCUT2D eigenvalue weighted by Crippen LogP contribution is 2.27. The maximum atomic E-state index is 9.74. The SMILES string of the molecule is Cc1cccc(N2CC(C)CN(C)CC2CO)c1C. The molecule has 0 amide bonds. The average Bonchev–Trinajstić information content (AvgIpc) is 2.50. The number of benzene rings is 1.